The van der Waals surface area contributed by atoms with Gasteiger partial charge in [-0.15, -0.1) is 10.2 Å². The molecule has 0 saturated heterocycles. The molecule has 0 spiro atoms. The van der Waals surface area contributed by atoms with E-state index in [1.165, 1.54) is 16.9 Å². The Morgan fingerprint density at radius 3 is 2.68 bits per heavy atom. The van der Waals surface area contributed by atoms with Crippen molar-refractivity contribution in [2.75, 3.05) is 5.32 Å². The first kappa shape index (κ1) is 17.4. The molecule has 1 heterocycles. The van der Waals surface area contributed by atoms with Crippen LogP contribution in [0.15, 0.2) is 48.5 Å². The number of nitrogens with one attached hydrogen (secondary N) is 1. The topological polar surface area (TPSA) is 64.1 Å². The summed E-state index contributed by atoms with van der Waals surface area (Å²) < 4.78 is 5.59. The Morgan fingerprint density at radius 1 is 1.20 bits per heavy atom. The molecule has 0 saturated carbocycles. The van der Waals surface area contributed by atoms with Crippen molar-refractivity contribution in [1.82, 2.24) is 10.2 Å². The minimum absolute atomic E-state index is 0.299. The molecule has 0 aliphatic heterocycles. The quantitative estimate of drug-likeness (QED) is 0.711. The third kappa shape index (κ3) is 4.55. The van der Waals surface area contributed by atoms with Gasteiger partial charge < -0.3 is 4.74 Å². The molecule has 128 valence electrons. The first-order chi connectivity index (χ1) is 12.0. The predicted molar refractivity (Wildman–Crippen MR) is 100 cm³/mol. The predicted octanol–water partition coefficient (Wildman–Crippen LogP) is 4.57. The summed E-state index contributed by atoms with van der Waals surface area (Å²) in [6.07, 6.45) is -0.690. The highest BCUT2D eigenvalue weighted by Crippen LogP contribution is 2.26. The molecule has 0 bridgehead atoms. The fraction of sp³-hybridized carbons (Fsp3) is 0.167. The van der Waals surface area contributed by atoms with Crippen LogP contribution in [0.2, 0.25) is 5.02 Å². The van der Waals surface area contributed by atoms with Gasteiger partial charge in [-0.1, -0.05) is 58.8 Å². The summed E-state index contributed by atoms with van der Waals surface area (Å²) in [5.74, 6) is 0.235. The van der Waals surface area contributed by atoms with Crippen LogP contribution in [0.25, 0.3) is 10.6 Å². The molecule has 1 aromatic heterocycles. The van der Waals surface area contributed by atoms with Crippen LogP contribution >= 0.6 is 22.9 Å². The van der Waals surface area contributed by atoms with E-state index in [-0.39, 0.29) is 5.91 Å². The fourth-order valence-electron chi connectivity index (χ4n) is 2.09. The summed E-state index contributed by atoms with van der Waals surface area (Å²) in [7, 11) is 0. The van der Waals surface area contributed by atoms with Crippen molar-refractivity contribution in [3.05, 3.63) is 59.1 Å². The van der Waals surface area contributed by atoms with Gasteiger partial charge in [0.1, 0.15) is 10.8 Å². The number of anilines is 1. The first-order valence-electron chi connectivity index (χ1n) is 7.65. The third-order valence-electron chi connectivity index (χ3n) is 3.43. The summed E-state index contributed by atoms with van der Waals surface area (Å²) >= 11 is 7.23. The zero-order valence-corrected chi connectivity index (χ0v) is 15.3. The number of ether oxygens (including phenoxy) is 1. The molecule has 1 atom stereocenters. The monoisotopic (exact) mass is 373 g/mol. The van der Waals surface area contributed by atoms with E-state index in [9.17, 15) is 4.79 Å². The Hall–Kier alpha value is -2.44. The molecule has 2 aromatic carbocycles. The van der Waals surface area contributed by atoms with E-state index in [2.05, 4.69) is 15.5 Å². The Balaban J connectivity index is 1.64. The molecule has 0 fully saturated rings. The number of nitrogens with zero attached hydrogens (tertiary/aromatic N) is 2. The van der Waals surface area contributed by atoms with Gasteiger partial charge in [-0.05, 0) is 32.0 Å². The fourth-order valence-corrected chi connectivity index (χ4v) is 3.02. The standard InChI is InChI=1S/C18H16ClN3O2S/c1-11-6-8-13(9-7-11)17-21-22-18(25-17)20-16(23)12(2)24-15-5-3-4-14(19)10-15/h3-10,12H,1-2H3,(H,20,22,23)/t12-/m0/s1. The lowest BCUT2D eigenvalue weighted by atomic mass is 10.2. The number of amides is 1. The second kappa shape index (κ2) is 7.63. The lowest BCUT2D eigenvalue weighted by Crippen LogP contribution is -2.30. The van der Waals surface area contributed by atoms with Crippen molar-refractivity contribution >= 4 is 34.0 Å². The van der Waals surface area contributed by atoms with Crippen LogP contribution in [0.4, 0.5) is 5.13 Å². The zero-order valence-electron chi connectivity index (χ0n) is 13.7. The molecule has 0 radical (unpaired) electrons. The number of halogens is 1. The molecule has 5 nitrogen and oxygen atoms in total. The molecule has 1 amide bonds. The average molecular weight is 374 g/mol. The number of benzene rings is 2. The number of hydrogen-bond donors (Lipinski definition) is 1. The molecule has 3 aromatic rings. The Kier molecular flexibility index (Phi) is 5.31. The number of aryl methyl sites for hydroxylation is 1. The van der Waals surface area contributed by atoms with Gasteiger partial charge in [0.05, 0.1) is 0 Å². The Bertz CT molecular complexity index is 880. The van der Waals surface area contributed by atoms with Crippen molar-refractivity contribution in [3.8, 4) is 16.3 Å². The minimum Gasteiger partial charge on any atom is -0.481 e. The molecule has 3 rings (SSSR count). The maximum atomic E-state index is 12.3. The second-order valence-corrected chi connectivity index (χ2v) is 6.90. The number of carbonyl (C=O) groups excluding carboxylic acids is 1. The molecular formula is C18H16ClN3O2S. The van der Waals surface area contributed by atoms with Gasteiger partial charge in [-0.2, -0.15) is 0 Å². The van der Waals surface area contributed by atoms with Gasteiger partial charge >= 0.3 is 0 Å². The van der Waals surface area contributed by atoms with E-state index in [0.717, 1.165) is 10.6 Å². The number of carbonyl (C=O) groups is 1. The normalized spacial score (nSPS) is 11.8. The van der Waals surface area contributed by atoms with E-state index < -0.39 is 6.10 Å². The lowest BCUT2D eigenvalue weighted by molar-refractivity contribution is -0.122. The van der Waals surface area contributed by atoms with Crippen LogP contribution in [0.5, 0.6) is 5.75 Å². The molecule has 7 heteroatoms. The first-order valence-corrected chi connectivity index (χ1v) is 8.84. The van der Waals surface area contributed by atoms with Crippen molar-refractivity contribution in [1.29, 1.82) is 0 Å². The lowest BCUT2D eigenvalue weighted by Gasteiger charge is -2.13. The van der Waals surface area contributed by atoms with Crippen molar-refractivity contribution in [3.63, 3.8) is 0 Å². The maximum absolute atomic E-state index is 12.3. The van der Waals surface area contributed by atoms with Crippen LogP contribution < -0.4 is 10.1 Å². The molecule has 1 N–H and O–H groups in total. The van der Waals surface area contributed by atoms with Gasteiger partial charge in [-0.3, -0.25) is 10.1 Å². The third-order valence-corrected chi connectivity index (χ3v) is 4.55. The average Bonchev–Trinajstić information content (AvgIpc) is 3.04. The van der Waals surface area contributed by atoms with Crippen LogP contribution in [0.3, 0.4) is 0 Å². The summed E-state index contributed by atoms with van der Waals surface area (Å²) in [5, 5.41) is 12.6. The van der Waals surface area contributed by atoms with Gasteiger partial charge in [0, 0.05) is 10.6 Å². The highest BCUT2D eigenvalue weighted by Gasteiger charge is 2.17. The van der Waals surface area contributed by atoms with E-state index >= 15 is 0 Å². The Labute approximate surface area is 154 Å². The molecule has 0 aliphatic rings. The number of aromatic nitrogens is 2. The van der Waals surface area contributed by atoms with Crippen molar-refractivity contribution < 1.29 is 9.53 Å². The van der Waals surface area contributed by atoms with Gasteiger partial charge in [0.2, 0.25) is 5.13 Å². The second-order valence-electron chi connectivity index (χ2n) is 5.49. The van der Waals surface area contributed by atoms with Gasteiger partial charge in [0.25, 0.3) is 5.91 Å². The molecule has 0 unspecified atom stereocenters. The maximum Gasteiger partial charge on any atom is 0.266 e. The van der Waals surface area contributed by atoms with Gasteiger partial charge in [-0.25, -0.2) is 0 Å². The largest absolute Gasteiger partial charge is 0.481 e. The van der Waals surface area contributed by atoms with Crippen LogP contribution in [-0.4, -0.2) is 22.2 Å². The van der Waals surface area contributed by atoms with E-state index in [4.69, 9.17) is 16.3 Å². The summed E-state index contributed by atoms with van der Waals surface area (Å²) in [4.78, 5) is 12.3. The number of hydrogen-bond acceptors (Lipinski definition) is 5. The van der Waals surface area contributed by atoms with E-state index in [0.29, 0.717) is 15.9 Å². The van der Waals surface area contributed by atoms with Crippen LogP contribution in [0, 0.1) is 6.92 Å². The van der Waals surface area contributed by atoms with E-state index in [1.54, 1.807) is 31.2 Å². The van der Waals surface area contributed by atoms with E-state index in [1.807, 2.05) is 31.2 Å². The molecular weight excluding hydrogens is 358 g/mol. The van der Waals surface area contributed by atoms with Crippen molar-refractivity contribution in [2.24, 2.45) is 0 Å². The van der Waals surface area contributed by atoms with Crippen LogP contribution in [0.1, 0.15) is 12.5 Å². The Morgan fingerprint density at radius 2 is 1.96 bits per heavy atom. The highest BCUT2D eigenvalue weighted by atomic mass is 35.5. The zero-order chi connectivity index (χ0) is 17.8. The highest BCUT2D eigenvalue weighted by molar-refractivity contribution is 7.18. The molecule has 0 aliphatic carbocycles. The minimum atomic E-state index is -0.690. The van der Waals surface area contributed by atoms with Gasteiger partial charge in [0.15, 0.2) is 6.10 Å². The smallest absolute Gasteiger partial charge is 0.266 e. The summed E-state index contributed by atoms with van der Waals surface area (Å²) in [5.41, 5.74) is 2.14. The SMILES string of the molecule is Cc1ccc(-c2nnc(NC(=O)[C@H](C)Oc3cccc(Cl)c3)s2)cc1. The summed E-state index contributed by atoms with van der Waals surface area (Å²) in [6, 6.07) is 14.9. The van der Waals surface area contributed by atoms with Crippen molar-refractivity contribution in [2.45, 2.75) is 20.0 Å². The summed E-state index contributed by atoms with van der Waals surface area (Å²) in [6.45, 7) is 3.69. The number of rotatable bonds is 5. The van der Waals surface area contributed by atoms with Crippen LogP contribution in [-0.2, 0) is 4.79 Å². The molecule has 25 heavy (non-hydrogen) atoms.